The minimum atomic E-state index is 0.0514. The number of urea groups is 1. The first-order chi connectivity index (χ1) is 18.3. The lowest BCUT2D eigenvalue weighted by atomic mass is 9.80. The Kier molecular flexibility index (Phi) is 6.36. The van der Waals surface area contributed by atoms with Crippen LogP contribution < -0.4 is 10.6 Å². The molecule has 38 heavy (non-hydrogen) atoms. The van der Waals surface area contributed by atoms with Gasteiger partial charge in [0.05, 0.1) is 24.0 Å². The van der Waals surface area contributed by atoms with Gasteiger partial charge in [-0.3, -0.25) is 4.68 Å². The van der Waals surface area contributed by atoms with Crippen molar-refractivity contribution in [1.29, 1.82) is 0 Å². The number of nitrogens with zero attached hydrogens (tertiary/aromatic N) is 5. The minimum absolute atomic E-state index is 0.0514. The summed E-state index contributed by atoms with van der Waals surface area (Å²) in [5.41, 5.74) is 7.23. The number of likely N-dealkylation sites (tertiary alicyclic amines) is 1. The first-order valence-electron chi connectivity index (χ1n) is 14.0. The molecule has 3 unspecified atom stereocenters. The monoisotopic (exact) mass is 513 g/mol. The molecule has 1 saturated heterocycles. The standard InChI is InChI=1S/C30H39N7O/c1-30(2,3)22-11-12-37(17-22)29(38)35-25-8-6-5-7-19-13-20(9-10-23(19)25)27-24-14-26(21-15-33-36(4)16-21)34-28(24)32-18-31-27/h9-10,13,15-16,18,22,25-26H,5-8,11-12,14,17H2,1-4H3,(H,35,38)(H,31,32,34). The van der Waals surface area contributed by atoms with Gasteiger partial charge in [-0.2, -0.15) is 5.10 Å². The highest BCUT2D eigenvalue weighted by molar-refractivity contribution is 5.76. The first kappa shape index (κ1) is 24.9. The molecule has 4 heterocycles. The highest BCUT2D eigenvalue weighted by Crippen LogP contribution is 2.39. The zero-order valence-electron chi connectivity index (χ0n) is 23.0. The van der Waals surface area contributed by atoms with Crippen molar-refractivity contribution in [2.75, 3.05) is 18.4 Å². The maximum Gasteiger partial charge on any atom is 0.317 e. The third kappa shape index (κ3) is 4.76. The summed E-state index contributed by atoms with van der Waals surface area (Å²) in [6, 6.07) is 6.98. The van der Waals surface area contributed by atoms with E-state index in [-0.39, 0.29) is 23.5 Å². The molecule has 1 fully saturated rings. The zero-order valence-corrected chi connectivity index (χ0v) is 23.0. The van der Waals surface area contributed by atoms with E-state index < -0.39 is 0 Å². The molecule has 3 atom stereocenters. The van der Waals surface area contributed by atoms with Crippen LogP contribution >= 0.6 is 0 Å². The molecule has 200 valence electrons. The van der Waals surface area contributed by atoms with Crippen LogP contribution in [0.25, 0.3) is 11.3 Å². The van der Waals surface area contributed by atoms with Gasteiger partial charge in [0.15, 0.2) is 0 Å². The van der Waals surface area contributed by atoms with E-state index in [0.717, 1.165) is 79.8 Å². The number of carbonyl (C=O) groups excluding carboxylic acids is 1. The molecule has 0 radical (unpaired) electrons. The lowest BCUT2D eigenvalue weighted by molar-refractivity contribution is 0.192. The Morgan fingerprint density at radius 3 is 2.79 bits per heavy atom. The first-order valence-corrected chi connectivity index (χ1v) is 14.0. The van der Waals surface area contributed by atoms with E-state index >= 15 is 0 Å². The summed E-state index contributed by atoms with van der Waals surface area (Å²) in [5, 5.41) is 11.3. The molecule has 1 aromatic carbocycles. The Balaban J connectivity index is 1.22. The number of anilines is 1. The molecular weight excluding hydrogens is 474 g/mol. The van der Waals surface area contributed by atoms with E-state index in [4.69, 9.17) is 4.98 Å². The van der Waals surface area contributed by atoms with Gasteiger partial charge in [-0.05, 0) is 54.2 Å². The molecule has 0 bridgehead atoms. The summed E-state index contributed by atoms with van der Waals surface area (Å²) < 4.78 is 1.83. The van der Waals surface area contributed by atoms with Crippen molar-refractivity contribution < 1.29 is 4.79 Å². The Labute approximate surface area is 225 Å². The topological polar surface area (TPSA) is 88.0 Å². The second-order valence-corrected chi connectivity index (χ2v) is 12.4. The van der Waals surface area contributed by atoms with Crippen LogP contribution in [-0.2, 0) is 19.9 Å². The number of carbonyl (C=O) groups is 1. The van der Waals surface area contributed by atoms with Crippen LogP contribution in [0.5, 0.6) is 0 Å². The predicted molar refractivity (Wildman–Crippen MR) is 149 cm³/mol. The van der Waals surface area contributed by atoms with Crippen LogP contribution in [-0.4, -0.2) is 43.8 Å². The van der Waals surface area contributed by atoms with Crippen molar-refractivity contribution in [3.05, 3.63) is 59.2 Å². The van der Waals surface area contributed by atoms with Crippen molar-refractivity contribution in [3.63, 3.8) is 0 Å². The quantitative estimate of drug-likeness (QED) is 0.456. The molecule has 8 nitrogen and oxygen atoms in total. The molecule has 6 rings (SSSR count). The summed E-state index contributed by atoms with van der Waals surface area (Å²) >= 11 is 0. The van der Waals surface area contributed by atoms with Crippen LogP contribution in [0.3, 0.4) is 0 Å². The molecule has 2 aliphatic heterocycles. The van der Waals surface area contributed by atoms with E-state index in [1.165, 1.54) is 11.1 Å². The van der Waals surface area contributed by atoms with Gasteiger partial charge in [0.25, 0.3) is 0 Å². The van der Waals surface area contributed by atoms with E-state index in [1.54, 1.807) is 6.33 Å². The number of benzene rings is 1. The Morgan fingerprint density at radius 1 is 1.16 bits per heavy atom. The second-order valence-electron chi connectivity index (χ2n) is 12.4. The summed E-state index contributed by atoms with van der Waals surface area (Å²) in [6.07, 6.45) is 11.8. The van der Waals surface area contributed by atoms with Crippen molar-refractivity contribution in [2.45, 2.75) is 71.4 Å². The number of hydrogen-bond acceptors (Lipinski definition) is 5. The molecule has 2 amide bonds. The molecule has 3 aliphatic rings. The number of fused-ring (bicyclic) bond motifs is 2. The maximum absolute atomic E-state index is 13.3. The van der Waals surface area contributed by atoms with Crippen LogP contribution in [0.4, 0.5) is 10.6 Å². The minimum Gasteiger partial charge on any atom is -0.362 e. The van der Waals surface area contributed by atoms with E-state index in [1.807, 2.05) is 22.8 Å². The van der Waals surface area contributed by atoms with Gasteiger partial charge in [0, 0.05) is 49.4 Å². The smallest absolute Gasteiger partial charge is 0.317 e. The Bertz CT molecular complexity index is 1340. The fourth-order valence-corrected chi connectivity index (χ4v) is 6.39. The molecule has 3 aromatic rings. The van der Waals surface area contributed by atoms with Crippen molar-refractivity contribution in [2.24, 2.45) is 18.4 Å². The molecule has 2 aromatic heterocycles. The summed E-state index contributed by atoms with van der Waals surface area (Å²) in [5.74, 6) is 1.46. The Hall–Kier alpha value is -3.42. The van der Waals surface area contributed by atoms with Gasteiger partial charge in [-0.25, -0.2) is 14.8 Å². The second kappa shape index (κ2) is 9.71. The van der Waals surface area contributed by atoms with Gasteiger partial charge in [0.2, 0.25) is 0 Å². The van der Waals surface area contributed by atoms with Crippen LogP contribution in [0.2, 0.25) is 0 Å². The average molecular weight is 514 g/mol. The van der Waals surface area contributed by atoms with Crippen LogP contribution in [0.1, 0.15) is 80.8 Å². The maximum atomic E-state index is 13.3. The highest BCUT2D eigenvalue weighted by atomic mass is 16.2. The fraction of sp³-hybridized carbons (Fsp3) is 0.533. The number of amides is 2. The number of nitrogens with one attached hydrogen (secondary N) is 2. The molecule has 1 aliphatic carbocycles. The SMILES string of the molecule is Cn1cc(C2Cc3c(ncnc3-c3ccc4c(c3)CCCCC4NC(=O)N3CCC(C(C)(C)C)C3)N2)cn1. The predicted octanol–water partition coefficient (Wildman–Crippen LogP) is 5.43. The van der Waals surface area contributed by atoms with Gasteiger partial charge in [0.1, 0.15) is 12.1 Å². The van der Waals surface area contributed by atoms with Crippen LogP contribution in [0.15, 0.2) is 36.9 Å². The number of rotatable bonds is 3. The van der Waals surface area contributed by atoms with Crippen LogP contribution in [0, 0.1) is 11.3 Å². The largest absolute Gasteiger partial charge is 0.362 e. The van der Waals surface area contributed by atoms with E-state index in [2.05, 4.69) is 65.9 Å². The van der Waals surface area contributed by atoms with Gasteiger partial charge < -0.3 is 15.5 Å². The summed E-state index contributed by atoms with van der Waals surface area (Å²) in [6.45, 7) is 8.53. The van der Waals surface area contributed by atoms with Crippen molar-refractivity contribution in [3.8, 4) is 11.3 Å². The third-order valence-corrected chi connectivity index (χ3v) is 8.77. The van der Waals surface area contributed by atoms with E-state index in [0.29, 0.717) is 5.92 Å². The van der Waals surface area contributed by atoms with Gasteiger partial charge >= 0.3 is 6.03 Å². The zero-order chi connectivity index (χ0) is 26.4. The van der Waals surface area contributed by atoms with Crippen molar-refractivity contribution in [1.82, 2.24) is 30.0 Å². The number of aryl methyl sites for hydroxylation is 2. The van der Waals surface area contributed by atoms with E-state index in [9.17, 15) is 4.79 Å². The molecule has 2 N–H and O–H groups in total. The summed E-state index contributed by atoms with van der Waals surface area (Å²) in [7, 11) is 1.94. The van der Waals surface area contributed by atoms with Gasteiger partial charge in [-0.15, -0.1) is 0 Å². The number of hydrogen-bond donors (Lipinski definition) is 2. The number of aromatic nitrogens is 4. The lowest BCUT2D eigenvalue weighted by Crippen LogP contribution is -2.41. The van der Waals surface area contributed by atoms with Gasteiger partial charge in [-0.1, -0.05) is 39.3 Å². The lowest BCUT2D eigenvalue weighted by Gasteiger charge is -2.28. The molecular formula is C30H39N7O. The van der Waals surface area contributed by atoms with Crippen molar-refractivity contribution >= 4 is 11.8 Å². The summed E-state index contributed by atoms with van der Waals surface area (Å²) in [4.78, 5) is 24.5. The fourth-order valence-electron chi connectivity index (χ4n) is 6.39. The molecule has 0 spiro atoms. The average Bonchev–Trinajstić information content (AvgIpc) is 3.62. The third-order valence-electron chi connectivity index (χ3n) is 8.77. The highest BCUT2D eigenvalue weighted by Gasteiger charge is 2.35. The normalized spacial score (nSPS) is 22.9. The Morgan fingerprint density at radius 2 is 2.03 bits per heavy atom. The molecule has 8 heteroatoms. The molecule has 0 saturated carbocycles.